The molecular weight excluding hydrogens is 322 g/mol. The molecule has 0 amide bonds. The predicted octanol–water partition coefficient (Wildman–Crippen LogP) is 1.51. The summed E-state index contributed by atoms with van der Waals surface area (Å²) < 4.78 is 28.8. The fraction of sp³-hybridized carbons (Fsp3) is 0.364. The quantitative estimate of drug-likeness (QED) is 0.651. The van der Waals surface area contributed by atoms with Crippen molar-refractivity contribution in [2.75, 3.05) is 18.6 Å². The summed E-state index contributed by atoms with van der Waals surface area (Å²) in [5, 5.41) is 0. The number of methoxy groups -OCH3 is 1. The minimum atomic E-state index is -3.37. The van der Waals surface area contributed by atoms with Crippen molar-refractivity contribution in [2.24, 2.45) is 0 Å². The molecule has 0 bridgehead atoms. The van der Waals surface area contributed by atoms with Crippen molar-refractivity contribution >= 4 is 37.4 Å². The lowest BCUT2D eigenvalue weighted by atomic mass is 10.2. The number of nitrogen functional groups attached to an aromatic ring is 1. The number of hydrogen-bond donors (Lipinski definition) is 1. The first kappa shape index (κ1) is 15.0. The third kappa shape index (κ3) is 4.66. The van der Waals surface area contributed by atoms with Gasteiger partial charge in [0.1, 0.15) is 0 Å². The molecule has 0 aliphatic carbocycles. The number of ether oxygens (including phenoxy) is 1. The van der Waals surface area contributed by atoms with Crippen LogP contribution in [0.5, 0.6) is 0 Å². The number of anilines is 1. The molecule has 5 nitrogen and oxygen atoms in total. The zero-order chi connectivity index (χ0) is 13.8. The van der Waals surface area contributed by atoms with Gasteiger partial charge < -0.3 is 10.5 Å². The lowest BCUT2D eigenvalue weighted by Crippen LogP contribution is -2.14. The van der Waals surface area contributed by atoms with E-state index in [2.05, 4.69) is 20.7 Å². The number of hydrogen-bond acceptors (Lipinski definition) is 5. The Kier molecular flexibility index (Phi) is 5.15. The highest BCUT2D eigenvalue weighted by Crippen LogP contribution is 2.20. The maximum Gasteiger partial charge on any atom is 0.306 e. The Morgan fingerprint density at radius 1 is 1.44 bits per heavy atom. The average Bonchev–Trinajstić information content (AvgIpc) is 2.30. The maximum absolute atomic E-state index is 11.8. The summed E-state index contributed by atoms with van der Waals surface area (Å²) in [5.74, 6) is -0.958. The fourth-order valence-electron chi connectivity index (χ4n) is 1.35. The topological polar surface area (TPSA) is 86.5 Å². The number of nitrogens with two attached hydrogens (primary N) is 1. The molecule has 0 unspecified atom stereocenters. The van der Waals surface area contributed by atoms with Crippen LogP contribution in [-0.2, 0) is 25.1 Å². The van der Waals surface area contributed by atoms with E-state index in [0.29, 0.717) is 11.3 Å². The monoisotopic (exact) mass is 335 g/mol. The normalized spacial score (nSPS) is 11.2. The highest BCUT2D eigenvalue weighted by Gasteiger charge is 2.16. The summed E-state index contributed by atoms with van der Waals surface area (Å²) in [5.41, 5.74) is 6.66. The first-order valence-electron chi connectivity index (χ1n) is 5.15. The highest BCUT2D eigenvalue weighted by molar-refractivity contribution is 9.10. The fourth-order valence-corrected chi connectivity index (χ4v) is 3.08. The van der Waals surface area contributed by atoms with Gasteiger partial charge in [0.2, 0.25) is 0 Å². The van der Waals surface area contributed by atoms with E-state index in [9.17, 15) is 13.2 Å². The van der Waals surface area contributed by atoms with Crippen LogP contribution in [0.3, 0.4) is 0 Å². The second-order valence-electron chi connectivity index (χ2n) is 3.76. The van der Waals surface area contributed by atoms with Crippen molar-refractivity contribution < 1.29 is 17.9 Å². The molecule has 100 valence electrons. The Morgan fingerprint density at radius 2 is 2.11 bits per heavy atom. The van der Waals surface area contributed by atoms with Crippen LogP contribution >= 0.6 is 15.9 Å². The minimum Gasteiger partial charge on any atom is -0.469 e. The van der Waals surface area contributed by atoms with Gasteiger partial charge in [-0.1, -0.05) is 22.0 Å². The van der Waals surface area contributed by atoms with E-state index < -0.39 is 15.8 Å². The summed E-state index contributed by atoms with van der Waals surface area (Å²) >= 11 is 3.24. The molecule has 0 fully saturated rings. The molecule has 18 heavy (non-hydrogen) atoms. The first-order valence-corrected chi connectivity index (χ1v) is 7.76. The average molecular weight is 336 g/mol. The number of carbonyl (C=O) groups is 1. The maximum atomic E-state index is 11.8. The molecule has 1 aromatic carbocycles. The number of rotatable bonds is 5. The Bertz CT molecular complexity index is 542. The first-order chi connectivity index (χ1) is 8.34. The van der Waals surface area contributed by atoms with Crippen molar-refractivity contribution in [3.8, 4) is 0 Å². The second-order valence-corrected chi connectivity index (χ2v) is 6.86. The minimum absolute atomic E-state index is 0.144. The SMILES string of the molecule is COC(=O)CCS(=O)(=O)Cc1ccc(Br)cc1N. The Hall–Kier alpha value is -1.08. The van der Waals surface area contributed by atoms with Gasteiger partial charge in [-0.15, -0.1) is 0 Å². The Balaban J connectivity index is 2.73. The van der Waals surface area contributed by atoms with E-state index in [4.69, 9.17) is 5.73 Å². The van der Waals surface area contributed by atoms with Gasteiger partial charge in [0.25, 0.3) is 0 Å². The van der Waals surface area contributed by atoms with Crippen molar-refractivity contribution in [1.82, 2.24) is 0 Å². The summed E-state index contributed by atoms with van der Waals surface area (Å²) in [6.07, 6.45) is -0.144. The molecule has 1 rings (SSSR count). The number of carbonyl (C=O) groups excluding carboxylic acids is 1. The van der Waals surface area contributed by atoms with Crippen LogP contribution in [0.1, 0.15) is 12.0 Å². The van der Waals surface area contributed by atoms with Crippen molar-refractivity contribution in [2.45, 2.75) is 12.2 Å². The van der Waals surface area contributed by atoms with Gasteiger partial charge in [0, 0.05) is 10.2 Å². The lowest BCUT2D eigenvalue weighted by molar-refractivity contribution is -0.140. The van der Waals surface area contributed by atoms with Crippen LogP contribution in [0.25, 0.3) is 0 Å². The van der Waals surface area contributed by atoms with Gasteiger partial charge in [-0.2, -0.15) is 0 Å². The molecule has 0 aliphatic rings. The van der Waals surface area contributed by atoms with Crippen molar-refractivity contribution in [3.63, 3.8) is 0 Å². The zero-order valence-electron chi connectivity index (χ0n) is 9.85. The molecule has 0 aliphatic heterocycles. The molecule has 1 aromatic rings. The summed E-state index contributed by atoms with van der Waals surface area (Å²) in [7, 11) is -2.15. The van der Waals surface area contributed by atoms with Crippen molar-refractivity contribution in [3.05, 3.63) is 28.2 Å². The van der Waals surface area contributed by atoms with E-state index in [1.807, 2.05) is 0 Å². The van der Waals surface area contributed by atoms with Gasteiger partial charge in [-0.05, 0) is 17.7 Å². The third-order valence-electron chi connectivity index (χ3n) is 2.33. The standard InChI is InChI=1S/C11H14BrNO4S/c1-17-11(14)4-5-18(15,16)7-8-2-3-9(12)6-10(8)13/h2-3,6H,4-5,7,13H2,1H3. The number of sulfone groups is 1. The van der Waals surface area contributed by atoms with Gasteiger partial charge in [-0.25, -0.2) is 8.42 Å². The molecule has 0 atom stereocenters. The molecule has 0 aromatic heterocycles. The van der Waals surface area contributed by atoms with Crippen LogP contribution in [0.2, 0.25) is 0 Å². The molecular formula is C11H14BrNO4S. The van der Waals surface area contributed by atoms with Crippen molar-refractivity contribution in [1.29, 1.82) is 0 Å². The van der Waals surface area contributed by atoms with Gasteiger partial charge >= 0.3 is 5.97 Å². The van der Waals surface area contributed by atoms with E-state index in [0.717, 1.165) is 4.47 Å². The Morgan fingerprint density at radius 3 is 2.67 bits per heavy atom. The van der Waals surface area contributed by atoms with Crippen LogP contribution in [0.4, 0.5) is 5.69 Å². The van der Waals surface area contributed by atoms with Crippen LogP contribution < -0.4 is 5.73 Å². The second kappa shape index (κ2) is 6.19. The van der Waals surface area contributed by atoms with E-state index >= 15 is 0 Å². The van der Waals surface area contributed by atoms with Gasteiger partial charge in [-0.3, -0.25) is 4.79 Å². The molecule has 0 heterocycles. The zero-order valence-corrected chi connectivity index (χ0v) is 12.3. The number of halogens is 1. The predicted molar refractivity (Wildman–Crippen MR) is 72.7 cm³/mol. The van der Waals surface area contributed by atoms with Crippen LogP contribution in [-0.4, -0.2) is 27.2 Å². The molecule has 0 saturated carbocycles. The molecule has 2 N–H and O–H groups in total. The Labute approximate surface area is 114 Å². The number of benzene rings is 1. The van der Waals surface area contributed by atoms with E-state index in [-0.39, 0.29) is 17.9 Å². The largest absolute Gasteiger partial charge is 0.469 e. The van der Waals surface area contributed by atoms with Crippen LogP contribution in [0.15, 0.2) is 22.7 Å². The van der Waals surface area contributed by atoms with Gasteiger partial charge in [0.05, 0.1) is 25.0 Å². The summed E-state index contributed by atoms with van der Waals surface area (Å²) in [6, 6.07) is 5.02. The highest BCUT2D eigenvalue weighted by atomic mass is 79.9. The molecule has 7 heteroatoms. The van der Waals surface area contributed by atoms with Gasteiger partial charge in [0.15, 0.2) is 9.84 Å². The van der Waals surface area contributed by atoms with E-state index in [1.54, 1.807) is 18.2 Å². The molecule has 0 spiro atoms. The number of esters is 1. The lowest BCUT2D eigenvalue weighted by Gasteiger charge is -2.07. The summed E-state index contributed by atoms with van der Waals surface area (Å²) in [4.78, 5) is 10.9. The molecule has 0 saturated heterocycles. The molecule has 0 radical (unpaired) electrons. The summed E-state index contributed by atoms with van der Waals surface area (Å²) in [6.45, 7) is 0. The smallest absolute Gasteiger partial charge is 0.306 e. The third-order valence-corrected chi connectivity index (χ3v) is 4.40. The van der Waals surface area contributed by atoms with Crippen LogP contribution in [0, 0.1) is 0 Å². The van der Waals surface area contributed by atoms with E-state index in [1.165, 1.54) is 7.11 Å².